The van der Waals surface area contributed by atoms with Gasteiger partial charge in [-0.25, -0.2) is 4.39 Å². The quantitative estimate of drug-likeness (QED) is 0.791. The van der Waals surface area contributed by atoms with Gasteiger partial charge in [-0.2, -0.15) is 0 Å². The first-order chi connectivity index (χ1) is 6.16. The molecule has 0 saturated heterocycles. The molecule has 0 heterocycles. The molecule has 1 aliphatic carbocycles. The highest BCUT2D eigenvalue weighted by molar-refractivity contribution is 9.10. The van der Waals surface area contributed by atoms with Gasteiger partial charge in [0.05, 0.1) is 15.6 Å². The number of rotatable bonds is 2. The molecular weight excluding hydrogens is 258 g/mol. The summed E-state index contributed by atoms with van der Waals surface area (Å²) in [6, 6.07) is 2.60. The lowest BCUT2D eigenvalue weighted by molar-refractivity contribution is 0.301. The zero-order valence-electron chi connectivity index (χ0n) is 6.69. The topological polar surface area (TPSA) is 9.23 Å². The van der Waals surface area contributed by atoms with Gasteiger partial charge in [0.1, 0.15) is 5.82 Å². The van der Waals surface area contributed by atoms with E-state index in [1.165, 1.54) is 12.1 Å². The summed E-state index contributed by atoms with van der Waals surface area (Å²) in [5.41, 5.74) is 0. The van der Waals surface area contributed by atoms with Crippen LogP contribution in [0.1, 0.15) is 12.8 Å². The molecule has 0 N–H and O–H groups in total. The number of benzene rings is 1. The van der Waals surface area contributed by atoms with Crippen molar-refractivity contribution in [2.24, 2.45) is 0 Å². The summed E-state index contributed by atoms with van der Waals surface area (Å²) in [6.07, 6.45) is 2.37. The highest BCUT2D eigenvalue weighted by Gasteiger charge is 2.25. The molecule has 0 aliphatic heterocycles. The Labute approximate surface area is 89.0 Å². The lowest BCUT2D eigenvalue weighted by atomic mass is 10.3. The van der Waals surface area contributed by atoms with Crippen LogP contribution >= 0.6 is 27.5 Å². The van der Waals surface area contributed by atoms with Crippen LogP contribution in [0.25, 0.3) is 0 Å². The van der Waals surface area contributed by atoms with E-state index in [2.05, 4.69) is 15.9 Å². The number of ether oxygens (including phenoxy) is 1. The predicted octanol–water partition coefficient (Wildman–Crippen LogP) is 3.78. The van der Waals surface area contributed by atoms with Gasteiger partial charge in [-0.3, -0.25) is 0 Å². The third-order valence-electron chi connectivity index (χ3n) is 1.77. The molecule has 1 aliphatic rings. The summed E-state index contributed by atoms with van der Waals surface area (Å²) in [5, 5.41) is 0.318. The van der Waals surface area contributed by atoms with Crippen molar-refractivity contribution in [2.75, 3.05) is 0 Å². The van der Waals surface area contributed by atoms with E-state index in [1.807, 2.05) is 0 Å². The Morgan fingerprint density at radius 2 is 2.15 bits per heavy atom. The lowest BCUT2D eigenvalue weighted by Crippen LogP contribution is -1.97. The molecule has 13 heavy (non-hydrogen) atoms. The predicted molar refractivity (Wildman–Crippen MR) is 52.8 cm³/mol. The summed E-state index contributed by atoms with van der Waals surface area (Å²) in [6.45, 7) is 0. The summed E-state index contributed by atoms with van der Waals surface area (Å²) in [7, 11) is 0. The van der Waals surface area contributed by atoms with Crippen molar-refractivity contribution < 1.29 is 9.13 Å². The van der Waals surface area contributed by atoms with Crippen molar-refractivity contribution in [3.63, 3.8) is 0 Å². The second-order valence-corrected chi connectivity index (χ2v) is 4.28. The zero-order valence-corrected chi connectivity index (χ0v) is 9.03. The molecule has 1 aromatic rings. The minimum Gasteiger partial charge on any atom is -0.488 e. The van der Waals surface area contributed by atoms with Crippen LogP contribution in [0.3, 0.4) is 0 Å². The summed E-state index contributed by atoms with van der Waals surface area (Å²) in [5.74, 6) is 0.186. The molecule has 1 saturated carbocycles. The SMILES string of the molecule is Fc1cc(Cl)c(OC2CC2)c(Br)c1. The van der Waals surface area contributed by atoms with E-state index in [0.717, 1.165) is 12.8 Å². The first-order valence-electron chi connectivity index (χ1n) is 3.98. The fraction of sp³-hybridized carbons (Fsp3) is 0.333. The second kappa shape index (κ2) is 3.46. The Bertz CT molecular complexity index is 315. The Balaban J connectivity index is 2.31. The molecule has 4 heteroatoms. The third kappa shape index (κ3) is 2.15. The smallest absolute Gasteiger partial charge is 0.152 e. The van der Waals surface area contributed by atoms with Crippen LogP contribution in [0.4, 0.5) is 4.39 Å². The van der Waals surface area contributed by atoms with Gasteiger partial charge >= 0.3 is 0 Å². The van der Waals surface area contributed by atoms with E-state index >= 15 is 0 Å². The van der Waals surface area contributed by atoms with E-state index in [1.54, 1.807) is 0 Å². The average molecular weight is 266 g/mol. The molecule has 1 fully saturated rings. The van der Waals surface area contributed by atoms with E-state index < -0.39 is 0 Å². The number of hydrogen-bond donors (Lipinski definition) is 0. The fourth-order valence-electron chi connectivity index (χ4n) is 0.994. The normalized spacial score (nSPS) is 15.9. The lowest BCUT2D eigenvalue weighted by Gasteiger charge is -2.08. The van der Waals surface area contributed by atoms with Crippen molar-refractivity contribution in [3.05, 3.63) is 27.4 Å². The highest BCUT2D eigenvalue weighted by Crippen LogP contribution is 2.38. The van der Waals surface area contributed by atoms with Gasteiger partial charge in [0, 0.05) is 0 Å². The van der Waals surface area contributed by atoms with E-state index in [0.29, 0.717) is 15.2 Å². The summed E-state index contributed by atoms with van der Waals surface area (Å²) < 4.78 is 18.9. The van der Waals surface area contributed by atoms with Gasteiger partial charge in [-0.15, -0.1) is 0 Å². The average Bonchev–Trinajstić information content (AvgIpc) is 2.79. The highest BCUT2D eigenvalue weighted by atomic mass is 79.9. The molecule has 1 nitrogen and oxygen atoms in total. The maximum absolute atomic E-state index is 12.8. The van der Waals surface area contributed by atoms with E-state index in [9.17, 15) is 4.39 Å². The third-order valence-corrected chi connectivity index (χ3v) is 2.64. The Morgan fingerprint density at radius 3 is 2.69 bits per heavy atom. The Morgan fingerprint density at radius 1 is 1.46 bits per heavy atom. The molecule has 0 atom stereocenters. The van der Waals surface area contributed by atoms with Crippen LogP contribution in [0.15, 0.2) is 16.6 Å². The van der Waals surface area contributed by atoms with Crippen molar-refractivity contribution in [1.29, 1.82) is 0 Å². The molecule has 0 bridgehead atoms. The molecule has 0 spiro atoms. The standard InChI is InChI=1S/C9H7BrClFO/c10-7-3-5(12)4-8(11)9(7)13-6-1-2-6/h3-4,6H,1-2H2. The molecule has 1 aromatic carbocycles. The monoisotopic (exact) mass is 264 g/mol. The maximum Gasteiger partial charge on any atom is 0.152 e. The number of hydrogen-bond acceptors (Lipinski definition) is 1. The Kier molecular flexibility index (Phi) is 2.47. The van der Waals surface area contributed by atoms with Crippen LogP contribution in [-0.4, -0.2) is 6.10 Å². The molecule has 0 unspecified atom stereocenters. The van der Waals surface area contributed by atoms with Crippen LogP contribution in [0, 0.1) is 5.82 Å². The Hall–Kier alpha value is -0.280. The molecule has 0 amide bonds. The fourth-order valence-corrected chi connectivity index (χ4v) is 1.88. The van der Waals surface area contributed by atoms with Crippen LogP contribution in [0.5, 0.6) is 5.75 Å². The van der Waals surface area contributed by atoms with Gasteiger partial charge in [-0.1, -0.05) is 11.6 Å². The molecule has 70 valence electrons. The number of halogens is 3. The van der Waals surface area contributed by atoms with Crippen molar-refractivity contribution in [2.45, 2.75) is 18.9 Å². The minimum absolute atomic E-state index is 0.263. The largest absolute Gasteiger partial charge is 0.488 e. The van der Waals surface area contributed by atoms with Crippen LogP contribution < -0.4 is 4.74 Å². The molecule has 0 aromatic heterocycles. The van der Waals surface area contributed by atoms with Gasteiger partial charge in [0.15, 0.2) is 5.75 Å². The maximum atomic E-state index is 12.8. The second-order valence-electron chi connectivity index (χ2n) is 3.02. The van der Waals surface area contributed by atoms with Crippen LogP contribution in [-0.2, 0) is 0 Å². The summed E-state index contributed by atoms with van der Waals surface area (Å²) >= 11 is 9.02. The van der Waals surface area contributed by atoms with Crippen molar-refractivity contribution in [3.8, 4) is 5.75 Å². The van der Waals surface area contributed by atoms with Gasteiger partial charge in [0.2, 0.25) is 0 Å². The van der Waals surface area contributed by atoms with Gasteiger partial charge in [-0.05, 0) is 40.9 Å². The zero-order chi connectivity index (χ0) is 9.42. The van der Waals surface area contributed by atoms with Gasteiger partial charge in [0.25, 0.3) is 0 Å². The molecular formula is C9H7BrClFO. The summed E-state index contributed by atoms with van der Waals surface area (Å²) in [4.78, 5) is 0. The van der Waals surface area contributed by atoms with Crippen molar-refractivity contribution >= 4 is 27.5 Å². The molecule has 2 rings (SSSR count). The molecule has 0 radical (unpaired) electrons. The van der Waals surface area contributed by atoms with Crippen LogP contribution in [0.2, 0.25) is 5.02 Å². The van der Waals surface area contributed by atoms with E-state index in [-0.39, 0.29) is 11.9 Å². The van der Waals surface area contributed by atoms with E-state index in [4.69, 9.17) is 16.3 Å². The van der Waals surface area contributed by atoms with Gasteiger partial charge < -0.3 is 4.74 Å². The first kappa shape index (κ1) is 9.28. The van der Waals surface area contributed by atoms with Crippen molar-refractivity contribution in [1.82, 2.24) is 0 Å². The first-order valence-corrected chi connectivity index (χ1v) is 5.15. The minimum atomic E-state index is -0.361.